The van der Waals surface area contributed by atoms with Crippen molar-refractivity contribution in [2.45, 2.75) is 33.7 Å². The lowest BCUT2D eigenvalue weighted by Crippen LogP contribution is -2.20. The summed E-state index contributed by atoms with van der Waals surface area (Å²) < 4.78 is 0. The fraction of sp³-hybridized carbons (Fsp3) is 0.400. The van der Waals surface area contributed by atoms with Gasteiger partial charge in [-0.3, -0.25) is 4.98 Å². The van der Waals surface area contributed by atoms with E-state index in [0.717, 1.165) is 11.4 Å². The fourth-order valence-electron chi connectivity index (χ4n) is 2.03. The van der Waals surface area contributed by atoms with Crippen LogP contribution in [0.3, 0.4) is 0 Å². The molecule has 0 aliphatic heterocycles. The largest absolute Gasteiger partial charge is 0.346 e. The third kappa shape index (κ3) is 3.28. The van der Waals surface area contributed by atoms with Crippen molar-refractivity contribution in [2.75, 3.05) is 5.32 Å². The van der Waals surface area contributed by atoms with E-state index in [2.05, 4.69) is 47.1 Å². The van der Waals surface area contributed by atoms with Crippen LogP contribution in [0.25, 0.3) is 0 Å². The first kappa shape index (κ1) is 13.5. The molecule has 0 aliphatic carbocycles. The molecule has 0 radical (unpaired) electrons. The van der Waals surface area contributed by atoms with Crippen LogP contribution in [0.4, 0.5) is 5.95 Å². The minimum atomic E-state index is 0.114. The molecule has 4 heteroatoms. The summed E-state index contributed by atoms with van der Waals surface area (Å²) in [6.45, 7) is 8.38. The highest BCUT2D eigenvalue weighted by Gasteiger charge is 2.19. The Bertz CT molecular complexity index is 551. The van der Waals surface area contributed by atoms with Gasteiger partial charge in [-0.15, -0.1) is 0 Å². The molecule has 2 rings (SSSR count). The van der Waals surface area contributed by atoms with Gasteiger partial charge in [-0.05, 0) is 37.5 Å². The van der Waals surface area contributed by atoms with E-state index in [1.54, 1.807) is 6.20 Å². The Morgan fingerprint density at radius 2 is 1.84 bits per heavy atom. The quantitative estimate of drug-likeness (QED) is 0.912. The minimum Gasteiger partial charge on any atom is -0.346 e. The molecule has 2 aromatic heterocycles. The first-order valence-electron chi connectivity index (χ1n) is 6.55. The van der Waals surface area contributed by atoms with Crippen molar-refractivity contribution in [3.05, 3.63) is 47.5 Å². The van der Waals surface area contributed by atoms with Crippen LogP contribution in [0.5, 0.6) is 0 Å². The summed E-state index contributed by atoms with van der Waals surface area (Å²) in [5.41, 5.74) is 3.20. The van der Waals surface area contributed by atoms with Gasteiger partial charge in [0.1, 0.15) is 0 Å². The van der Waals surface area contributed by atoms with Crippen molar-refractivity contribution in [2.24, 2.45) is 5.92 Å². The number of rotatable bonds is 4. The summed E-state index contributed by atoms with van der Waals surface area (Å²) in [6, 6.07) is 6.04. The van der Waals surface area contributed by atoms with Gasteiger partial charge < -0.3 is 5.32 Å². The molecule has 1 unspecified atom stereocenters. The van der Waals surface area contributed by atoms with Gasteiger partial charge in [0.25, 0.3) is 0 Å². The lowest BCUT2D eigenvalue weighted by Gasteiger charge is -2.23. The second-order valence-electron chi connectivity index (χ2n) is 5.09. The van der Waals surface area contributed by atoms with Crippen molar-refractivity contribution in [3.63, 3.8) is 0 Å². The summed E-state index contributed by atoms with van der Waals surface area (Å²) in [5.74, 6) is 1.06. The zero-order valence-corrected chi connectivity index (χ0v) is 11.9. The lowest BCUT2D eigenvalue weighted by molar-refractivity contribution is 0.529. The molecular weight excluding hydrogens is 236 g/mol. The highest BCUT2D eigenvalue weighted by molar-refractivity contribution is 5.33. The zero-order chi connectivity index (χ0) is 13.8. The van der Waals surface area contributed by atoms with E-state index < -0.39 is 0 Å². The van der Waals surface area contributed by atoms with Gasteiger partial charge in [0, 0.05) is 18.1 Å². The fourth-order valence-corrected chi connectivity index (χ4v) is 2.03. The molecule has 0 aliphatic rings. The topological polar surface area (TPSA) is 50.7 Å². The van der Waals surface area contributed by atoms with Crippen LogP contribution in [-0.4, -0.2) is 15.0 Å². The molecule has 0 saturated heterocycles. The Balaban J connectivity index is 2.29. The monoisotopic (exact) mass is 256 g/mol. The van der Waals surface area contributed by atoms with Crippen LogP contribution >= 0.6 is 0 Å². The van der Waals surface area contributed by atoms with Crippen molar-refractivity contribution in [3.8, 4) is 0 Å². The van der Waals surface area contributed by atoms with Crippen LogP contribution in [0.1, 0.15) is 36.8 Å². The van der Waals surface area contributed by atoms with Crippen molar-refractivity contribution < 1.29 is 0 Å². The molecule has 0 aromatic carbocycles. The molecule has 0 amide bonds. The molecule has 1 N–H and O–H groups in total. The normalized spacial score (nSPS) is 12.5. The molecule has 0 bridgehead atoms. The second-order valence-corrected chi connectivity index (χ2v) is 5.09. The maximum Gasteiger partial charge on any atom is 0.223 e. The Labute approximate surface area is 114 Å². The number of nitrogens with zero attached hydrogens (tertiary/aromatic N) is 3. The van der Waals surface area contributed by atoms with Gasteiger partial charge in [0.05, 0.1) is 11.7 Å². The molecule has 0 saturated carbocycles. The SMILES string of the molecule is Cc1ccnc(NC(c2ncccc2C)C(C)C)n1. The number of anilines is 1. The van der Waals surface area contributed by atoms with Gasteiger partial charge in [0.15, 0.2) is 0 Å². The highest BCUT2D eigenvalue weighted by atomic mass is 15.1. The van der Waals surface area contributed by atoms with Crippen LogP contribution < -0.4 is 5.32 Å². The lowest BCUT2D eigenvalue weighted by atomic mass is 9.97. The van der Waals surface area contributed by atoms with E-state index in [9.17, 15) is 0 Å². The Morgan fingerprint density at radius 1 is 1.05 bits per heavy atom. The summed E-state index contributed by atoms with van der Waals surface area (Å²) in [7, 11) is 0. The van der Waals surface area contributed by atoms with Gasteiger partial charge in [-0.1, -0.05) is 19.9 Å². The highest BCUT2D eigenvalue weighted by Crippen LogP contribution is 2.25. The molecular formula is C15H20N4. The molecule has 2 heterocycles. The number of pyridine rings is 1. The summed E-state index contributed by atoms with van der Waals surface area (Å²) in [4.78, 5) is 13.2. The number of hydrogen-bond donors (Lipinski definition) is 1. The third-order valence-corrected chi connectivity index (χ3v) is 3.09. The van der Waals surface area contributed by atoms with E-state index in [0.29, 0.717) is 11.9 Å². The summed E-state index contributed by atoms with van der Waals surface area (Å²) in [6.07, 6.45) is 3.60. The second kappa shape index (κ2) is 5.78. The van der Waals surface area contributed by atoms with E-state index >= 15 is 0 Å². The third-order valence-electron chi connectivity index (χ3n) is 3.09. The average Bonchev–Trinajstić information content (AvgIpc) is 2.37. The molecule has 100 valence electrons. The number of hydrogen-bond acceptors (Lipinski definition) is 4. The first-order chi connectivity index (χ1) is 9.08. The van der Waals surface area contributed by atoms with Gasteiger partial charge in [-0.25, -0.2) is 9.97 Å². The molecule has 19 heavy (non-hydrogen) atoms. The first-order valence-corrected chi connectivity index (χ1v) is 6.55. The predicted octanol–water partition coefficient (Wildman–Crippen LogP) is 3.30. The van der Waals surface area contributed by atoms with Crippen molar-refractivity contribution in [1.82, 2.24) is 15.0 Å². The smallest absolute Gasteiger partial charge is 0.223 e. The van der Waals surface area contributed by atoms with Gasteiger partial charge in [0.2, 0.25) is 5.95 Å². The average molecular weight is 256 g/mol. The van der Waals surface area contributed by atoms with Crippen LogP contribution in [-0.2, 0) is 0 Å². The number of nitrogens with one attached hydrogen (secondary N) is 1. The Morgan fingerprint density at radius 3 is 2.47 bits per heavy atom. The number of aromatic nitrogens is 3. The predicted molar refractivity (Wildman–Crippen MR) is 76.9 cm³/mol. The summed E-state index contributed by atoms with van der Waals surface area (Å²) in [5, 5.41) is 3.39. The van der Waals surface area contributed by atoms with Crippen molar-refractivity contribution >= 4 is 5.95 Å². The molecule has 0 fully saturated rings. The van der Waals surface area contributed by atoms with Gasteiger partial charge >= 0.3 is 0 Å². The van der Waals surface area contributed by atoms with Crippen LogP contribution in [0.2, 0.25) is 0 Å². The Kier molecular flexibility index (Phi) is 4.10. The van der Waals surface area contributed by atoms with E-state index in [1.165, 1.54) is 5.56 Å². The van der Waals surface area contributed by atoms with Crippen LogP contribution in [0, 0.1) is 19.8 Å². The number of aryl methyl sites for hydroxylation is 2. The molecule has 4 nitrogen and oxygen atoms in total. The maximum absolute atomic E-state index is 4.50. The minimum absolute atomic E-state index is 0.114. The molecule has 1 atom stereocenters. The molecule has 2 aromatic rings. The van der Waals surface area contributed by atoms with E-state index in [4.69, 9.17) is 0 Å². The Hall–Kier alpha value is -1.97. The maximum atomic E-state index is 4.50. The van der Waals surface area contributed by atoms with Crippen molar-refractivity contribution in [1.29, 1.82) is 0 Å². The zero-order valence-electron chi connectivity index (χ0n) is 11.9. The van der Waals surface area contributed by atoms with E-state index in [-0.39, 0.29) is 6.04 Å². The molecule has 0 spiro atoms. The standard InChI is InChI=1S/C15H20N4/c1-10(2)13(14-11(3)6-5-8-16-14)19-15-17-9-7-12(4)18-15/h5-10,13H,1-4H3,(H,17,18,19). The van der Waals surface area contributed by atoms with Crippen LogP contribution in [0.15, 0.2) is 30.6 Å². The summed E-state index contributed by atoms with van der Waals surface area (Å²) >= 11 is 0. The van der Waals surface area contributed by atoms with Gasteiger partial charge in [-0.2, -0.15) is 0 Å². The van der Waals surface area contributed by atoms with E-state index in [1.807, 2.05) is 25.3 Å².